The summed E-state index contributed by atoms with van der Waals surface area (Å²) in [6, 6.07) is -0.658. The van der Waals surface area contributed by atoms with E-state index in [2.05, 4.69) is 43.5 Å². The summed E-state index contributed by atoms with van der Waals surface area (Å²) in [5, 5.41) is 33.4. The Balaban J connectivity index is 3.58. The smallest absolute Gasteiger partial charge is 0.222 e. The van der Waals surface area contributed by atoms with Crippen LogP contribution >= 0.6 is 0 Å². The third-order valence-corrected chi connectivity index (χ3v) is 11.3. The molecule has 0 aromatic heterocycles. The maximum atomic E-state index is 12.5. The molecule has 0 aliphatic rings. The molecule has 3 unspecified atom stereocenters. The van der Waals surface area contributed by atoms with Crippen LogP contribution in [0.25, 0.3) is 0 Å². The summed E-state index contributed by atoms with van der Waals surface area (Å²) in [6.45, 7) is 4.27. The monoisotopic (exact) mass is 762 g/mol. The Morgan fingerprint density at radius 1 is 0.463 bits per heavy atom. The molecule has 5 nitrogen and oxygen atoms in total. The molecule has 0 spiro atoms. The average Bonchev–Trinajstić information content (AvgIpc) is 3.16. The second-order valence-electron chi connectivity index (χ2n) is 16.7. The highest BCUT2D eigenvalue weighted by molar-refractivity contribution is 5.76. The molecular weight excluding hydrogens is 667 g/mol. The highest BCUT2D eigenvalue weighted by atomic mass is 16.3. The molecule has 0 rings (SSSR count). The fourth-order valence-electron chi connectivity index (χ4n) is 7.55. The number of allylic oxidation sites excluding steroid dienone is 4. The molecule has 0 fully saturated rings. The van der Waals surface area contributed by atoms with Gasteiger partial charge in [0.15, 0.2) is 0 Å². The van der Waals surface area contributed by atoms with Crippen molar-refractivity contribution in [3.63, 3.8) is 0 Å². The van der Waals surface area contributed by atoms with E-state index in [9.17, 15) is 20.1 Å². The molecule has 1 amide bonds. The molecule has 3 atom stereocenters. The van der Waals surface area contributed by atoms with Crippen molar-refractivity contribution in [2.24, 2.45) is 0 Å². The second kappa shape index (κ2) is 44.5. The lowest BCUT2D eigenvalue weighted by atomic mass is 10.0. The van der Waals surface area contributed by atoms with E-state index in [0.29, 0.717) is 12.8 Å². The summed E-state index contributed by atoms with van der Waals surface area (Å²) in [4.78, 5) is 12.5. The van der Waals surface area contributed by atoms with Crippen molar-refractivity contribution >= 4 is 5.91 Å². The average molecular weight is 762 g/mol. The molecule has 0 bridgehead atoms. The maximum Gasteiger partial charge on any atom is 0.222 e. The van der Waals surface area contributed by atoms with Gasteiger partial charge in [-0.15, -0.1) is 0 Å². The van der Waals surface area contributed by atoms with Gasteiger partial charge in [-0.3, -0.25) is 4.79 Å². The van der Waals surface area contributed by atoms with E-state index in [0.717, 1.165) is 32.1 Å². The van der Waals surface area contributed by atoms with Gasteiger partial charge < -0.3 is 20.6 Å². The topological polar surface area (TPSA) is 89.8 Å². The van der Waals surface area contributed by atoms with Gasteiger partial charge in [-0.1, -0.05) is 231 Å². The van der Waals surface area contributed by atoms with E-state index >= 15 is 0 Å². The highest BCUT2D eigenvalue weighted by Gasteiger charge is 2.21. The third kappa shape index (κ3) is 40.5. The van der Waals surface area contributed by atoms with Crippen LogP contribution in [0, 0.1) is 0 Å². The Bertz CT molecular complexity index is 799. The van der Waals surface area contributed by atoms with Crippen molar-refractivity contribution in [2.75, 3.05) is 6.61 Å². The summed E-state index contributed by atoms with van der Waals surface area (Å²) in [6.07, 6.45) is 54.4. The fraction of sp³-hybridized carbons (Fsp3) is 0.898. The summed E-state index contributed by atoms with van der Waals surface area (Å²) in [5.74, 6) is -0.284. The number of amides is 1. The molecule has 5 heteroatoms. The number of aliphatic hydroxyl groups is 3. The SMILES string of the molecule is CCCCCCCCCCC/C=C\C/C=C\CCCCCCCCCCCC(O)CC(=O)NC(CO)C(O)CCCCCCCCCCCCCCCC. The lowest BCUT2D eigenvalue weighted by Gasteiger charge is -2.23. The van der Waals surface area contributed by atoms with E-state index in [1.165, 1.54) is 193 Å². The third-order valence-electron chi connectivity index (χ3n) is 11.3. The predicted octanol–water partition coefficient (Wildman–Crippen LogP) is 14.2. The predicted molar refractivity (Wildman–Crippen MR) is 236 cm³/mol. The number of nitrogens with one attached hydrogen (secondary N) is 1. The lowest BCUT2D eigenvalue weighted by Crippen LogP contribution is -2.46. The number of hydrogen-bond acceptors (Lipinski definition) is 4. The van der Waals surface area contributed by atoms with Gasteiger partial charge in [-0.2, -0.15) is 0 Å². The van der Waals surface area contributed by atoms with Gasteiger partial charge in [0, 0.05) is 0 Å². The molecule has 0 aliphatic heterocycles. The lowest BCUT2D eigenvalue weighted by molar-refractivity contribution is -0.125. The molecular formula is C49H95NO4. The van der Waals surface area contributed by atoms with Crippen LogP contribution in [0.5, 0.6) is 0 Å². The molecule has 54 heavy (non-hydrogen) atoms. The molecule has 4 N–H and O–H groups in total. The van der Waals surface area contributed by atoms with E-state index in [-0.39, 0.29) is 18.9 Å². The molecule has 0 saturated heterocycles. The highest BCUT2D eigenvalue weighted by Crippen LogP contribution is 2.16. The van der Waals surface area contributed by atoms with Gasteiger partial charge in [-0.25, -0.2) is 0 Å². The van der Waals surface area contributed by atoms with Gasteiger partial charge in [0.25, 0.3) is 0 Å². The molecule has 0 heterocycles. The quantitative estimate of drug-likeness (QED) is 0.0368. The van der Waals surface area contributed by atoms with E-state index in [1.807, 2.05) is 0 Å². The van der Waals surface area contributed by atoms with Crippen molar-refractivity contribution in [1.82, 2.24) is 5.32 Å². The summed E-state index contributed by atoms with van der Waals surface area (Å²) < 4.78 is 0. The normalized spacial score (nSPS) is 13.6. The Hall–Kier alpha value is -1.17. The zero-order valence-electron chi connectivity index (χ0n) is 36.4. The minimum atomic E-state index is -0.748. The zero-order chi connectivity index (χ0) is 39.4. The van der Waals surface area contributed by atoms with Crippen molar-refractivity contribution in [3.8, 4) is 0 Å². The molecule has 0 radical (unpaired) electrons. The minimum Gasteiger partial charge on any atom is -0.394 e. The first kappa shape index (κ1) is 52.8. The van der Waals surface area contributed by atoms with Crippen molar-refractivity contribution in [2.45, 2.75) is 276 Å². The molecule has 0 saturated carbocycles. The Morgan fingerprint density at radius 2 is 0.796 bits per heavy atom. The van der Waals surface area contributed by atoms with E-state index < -0.39 is 18.2 Å². The van der Waals surface area contributed by atoms with Crippen LogP contribution in [0.2, 0.25) is 0 Å². The second-order valence-corrected chi connectivity index (χ2v) is 16.7. The number of unbranched alkanes of at least 4 members (excludes halogenated alkanes) is 31. The van der Waals surface area contributed by atoms with E-state index in [1.54, 1.807) is 0 Å². The zero-order valence-corrected chi connectivity index (χ0v) is 36.4. The van der Waals surface area contributed by atoms with Crippen LogP contribution in [-0.2, 0) is 4.79 Å². The van der Waals surface area contributed by atoms with Crippen molar-refractivity contribution in [1.29, 1.82) is 0 Å². The first-order valence-electron chi connectivity index (χ1n) is 24.1. The standard InChI is InChI=1S/C49H95NO4/c1-3-5-7-9-11-13-15-17-19-20-21-22-23-24-25-26-27-28-29-30-32-34-36-38-40-42-46(52)44-49(54)50-47(45-51)48(53)43-41-39-37-35-33-31-18-16-14-12-10-8-6-4-2/h21-22,24-25,46-48,51-53H,3-20,23,26-45H2,1-2H3,(H,50,54)/b22-21-,25-24-. The number of aliphatic hydroxyl groups excluding tert-OH is 3. The molecule has 0 aromatic carbocycles. The molecule has 0 aliphatic carbocycles. The summed E-state index contributed by atoms with van der Waals surface area (Å²) >= 11 is 0. The number of rotatable bonds is 44. The van der Waals surface area contributed by atoms with Gasteiger partial charge in [0.1, 0.15) is 0 Å². The number of carbonyl (C=O) groups excluding carboxylic acids is 1. The Labute approximate surface area is 337 Å². The number of hydrogen-bond donors (Lipinski definition) is 4. The van der Waals surface area contributed by atoms with Crippen molar-refractivity contribution < 1.29 is 20.1 Å². The van der Waals surface area contributed by atoms with E-state index in [4.69, 9.17) is 0 Å². The van der Waals surface area contributed by atoms with Crippen LogP contribution in [0.15, 0.2) is 24.3 Å². The maximum absolute atomic E-state index is 12.5. The Kier molecular flexibility index (Phi) is 43.6. The molecule has 320 valence electrons. The minimum absolute atomic E-state index is 0.0351. The summed E-state index contributed by atoms with van der Waals surface area (Å²) in [7, 11) is 0. The fourth-order valence-corrected chi connectivity index (χ4v) is 7.55. The van der Waals surface area contributed by atoms with Gasteiger partial charge in [-0.05, 0) is 44.9 Å². The van der Waals surface area contributed by atoms with Crippen LogP contribution in [0.4, 0.5) is 0 Å². The van der Waals surface area contributed by atoms with Crippen LogP contribution < -0.4 is 5.32 Å². The number of carbonyl (C=O) groups is 1. The summed E-state index contributed by atoms with van der Waals surface area (Å²) in [5.41, 5.74) is 0. The largest absolute Gasteiger partial charge is 0.394 e. The first-order valence-corrected chi connectivity index (χ1v) is 24.1. The van der Waals surface area contributed by atoms with Crippen LogP contribution in [0.1, 0.15) is 258 Å². The van der Waals surface area contributed by atoms with Gasteiger partial charge >= 0.3 is 0 Å². The van der Waals surface area contributed by atoms with Gasteiger partial charge in [0.05, 0.1) is 31.3 Å². The van der Waals surface area contributed by atoms with Crippen molar-refractivity contribution in [3.05, 3.63) is 24.3 Å². The Morgan fingerprint density at radius 3 is 1.17 bits per heavy atom. The van der Waals surface area contributed by atoms with Gasteiger partial charge in [0.2, 0.25) is 5.91 Å². The van der Waals surface area contributed by atoms with Crippen LogP contribution in [0.3, 0.4) is 0 Å². The first-order chi connectivity index (χ1) is 26.5. The molecule has 0 aromatic rings. The van der Waals surface area contributed by atoms with Crippen LogP contribution in [-0.4, -0.2) is 46.1 Å².